The molecule has 3 atom stereocenters. The smallest absolute Gasteiger partial charge is 0.310 e. The first-order valence-corrected chi connectivity index (χ1v) is 8.15. The van der Waals surface area contributed by atoms with E-state index in [1.165, 1.54) is 4.88 Å². The predicted octanol–water partition coefficient (Wildman–Crippen LogP) is 5.08. The molecule has 1 aromatic heterocycles. The number of hydrogen-bond donors (Lipinski definition) is 1. The maximum atomic E-state index is 13.0. The van der Waals surface area contributed by atoms with Gasteiger partial charge in [0.25, 0.3) is 0 Å². The minimum Gasteiger partial charge on any atom is -0.310 e. The SMILES string of the molecule is CCNC(c1csc(C)c1)C1CCCC(C(F)(F)F)C1. The highest BCUT2D eigenvalue weighted by Crippen LogP contribution is 2.44. The van der Waals surface area contributed by atoms with Crippen LogP contribution in [0.1, 0.15) is 49.1 Å². The van der Waals surface area contributed by atoms with Crippen LogP contribution in [0, 0.1) is 18.8 Å². The van der Waals surface area contributed by atoms with Crippen molar-refractivity contribution >= 4 is 11.3 Å². The maximum absolute atomic E-state index is 13.0. The van der Waals surface area contributed by atoms with Gasteiger partial charge in [-0.15, -0.1) is 11.3 Å². The summed E-state index contributed by atoms with van der Waals surface area (Å²) in [6.07, 6.45) is -1.92. The van der Waals surface area contributed by atoms with Crippen LogP contribution in [0.3, 0.4) is 0 Å². The summed E-state index contributed by atoms with van der Waals surface area (Å²) in [4.78, 5) is 1.21. The fourth-order valence-corrected chi connectivity index (χ4v) is 3.97. The van der Waals surface area contributed by atoms with Crippen LogP contribution in [0.4, 0.5) is 13.2 Å². The van der Waals surface area contributed by atoms with E-state index in [1.54, 1.807) is 11.3 Å². The highest BCUT2D eigenvalue weighted by Gasteiger charge is 2.43. The van der Waals surface area contributed by atoms with Crippen molar-refractivity contribution in [1.82, 2.24) is 5.32 Å². The third-order valence-corrected chi connectivity index (χ3v) is 5.06. The normalized spacial score (nSPS) is 25.6. The lowest BCUT2D eigenvalue weighted by atomic mass is 9.76. The van der Waals surface area contributed by atoms with E-state index in [9.17, 15) is 13.2 Å². The Labute approximate surface area is 122 Å². The summed E-state index contributed by atoms with van der Waals surface area (Å²) in [5.74, 6) is -1.04. The second-order valence-electron chi connectivity index (χ2n) is 5.69. The Morgan fingerprint density at radius 2 is 2.15 bits per heavy atom. The van der Waals surface area contributed by atoms with Gasteiger partial charge in [-0.1, -0.05) is 13.3 Å². The predicted molar refractivity (Wildman–Crippen MR) is 77.0 cm³/mol. The molecule has 1 aliphatic rings. The molecule has 20 heavy (non-hydrogen) atoms. The summed E-state index contributed by atoms with van der Waals surface area (Å²) in [6, 6.07) is 2.17. The molecule has 0 aromatic carbocycles. The van der Waals surface area contributed by atoms with Crippen LogP contribution in [0.2, 0.25) is 0 Å². The van der Waals surface area contributed by atoms with E-state index in [-0.39, 0.29) is 18.4 Å². The average molecular weight is 305 g/mol. The number of nitrogens with one attached hydrogen (secondary N) is 1. The molecular formula is C15H22F3NS. The standard InChI is InChI=1S/C15H22F3NS/c1-3-19-14(12-7-10(2)20-9-12)11-5-4-6-13(8-11)15(16,17)18/h7,9,11,13-14,19H,3-6,8H2,1-2H3. The molecule has 5 heteroatoms. The van der Waals surface area contributed by atoms with Crippen LogP contribution in [0.5, 0.6) is 0 Å². The zero-order valence-electron chi connectivity index (χ0n) is 12.0. The van der Waals surface area contributed by atoms with Crippen LogP contribution < -0.4 is 5.32 Å². The molecule has 1 aliphatic carbocycles. The van der Waals surface area contributed by atoms with E-state index >= 15 is 0 Å². The topological polar surface area (TPSA) is 12.0 Å². The van der Waals surface area contributed by atoms with Gasteiger partial charge in [0.05, 0.1) is 5.92 Å². The maximum Gasteiger partial charge on any atom is 0.391 e. The van der Waals surface area contributed by atoms with Gasteiger partial charge in [-0.05, 0) is 55.7 Å². The number of alkyl halides is 3. The summed E-state index contributed by atoms with van der Waals surface area (Å²) in [6.45, 7) is 4.83. The summed E-state index contributed by atoms with van der Waals surface area (Å²) in [5, 5.41) is 5.48. The summed E-state index contributed by atoms with van der Waals surface area (Å²) >= 11 is 1.67. The van der Waals surface area contributed by atoms with Crippen LogP contribution in [0.15, 0.2) is 11.4 Å². The lowest BCUT2D eigenvalue weighted by Gasteiger charge is -2.35. The van der Waals surface area contributed by atoms with Crippen molar-refractivity contribution in [2.24, 2.45) is 11.8 Å². The zero-order chi connectivity index (χ0) is 14.8. The fraction of sp³-hybridized carbons (Fsp3) is 0.733. The molecule has 1 aromatic rings. The second-order valence-corrected chi connectivity index (χ2v) is 6.81. The Morgan fingerprint density at radius 3 is 2.70 bits per heavy atom. The number of rotatable bonds is 4. The van der Waals surface area contributed by atoms with Gasteiger partial charge in [-0.25, -0.2) is 0 Å². The van der Waals surface area contributed by atoms with Gasteiger partial charge in [-0.2, -0.15) is 13.2 Å². The third kappa shape index (κ3) is 3.76. The number of halogens is 3. The fourth-order valence-electron chi connectivity index (χ4n) is 3.23. The van der Waals surface area contributed by atoms with Crippen LogP contribution >= 0.6 is 11.3 Å². The molecule has 0 aliphatic heterocycles. The van der Waals surface area contributed by atoms with Gasteiger partial charge < -0.3 is 5.32 Å². The Morgan fingerprint density at radius 1 is 1.40 bits per heavy atom. The molecule has 1 N–H and O–H groups in total. The molecule has 1 heterocycles. The molecule has 0 radical (unpaired) electrons. The first kappa shape index (κ1) is 15.8. The number of hydrogen-bond acceptors (Lipinski definition) is 2. The summed E-state index contributed by atoms with van der Waals surface area (Å²) < 4.78 is 38.9. The highest BCUT2D eigenvalue weighted by atomic mass is 32.1. The quantitative estimate of drug-likeness (QED) is 0.818. The third-order valence-electron chi connectivity index (χ3n) is 4.18. The van der Waals surface area contributed by atoms with Crippen LogP contribution in [-0.2, 0) is 0 Å². The Kier molecular flexibility index (Phi) is 5.13. The summed E-state index contributed by atoms with van der Waals surface area (Å²) in [5.41, 5.74) is 1.15. The lowest BCUT2D eigenvalue weighted by molar-refractivity contribution is -0.186. The molecule has 0 spiro atoms. The van der Waals surface area contributed by atoms with Gasteiger partial charge >= 0.3 is 6.18 Å². The van der Waals surface area contributed by atoms with Gasteiger partial charge in [0.15, 0.2) is 0 Å². The van der Waals surface area contributed by atoms with Crippen LogP contribution in [0.25, 0.3) is 0 Å². The van der Waals surface area contributed by atoms with E-state index in [0.29, 0.717) is 12.8 Å². The minimum absolute atomic E-state index is 0.0649. The molecule has 0 bridgehead atoms. The van der Waals surface area contributed by atoms with E-state index in [2.05, 4.69) is 16.8 Å². The molecule has 1 saturated carbocycles. The van der Waals surface area contributed by atoms with E-state index in [4.69, 9.17) is 0 Å². The monoisotopic (exact) mass is 305 g/mol. The van der Waals surface area contributed by atoms with Crippen molar-refractivity contribution in [1.29, 1.82) is 0 Å². The molecule has 1 nitrogen and oxygen atoms in total. The Bertz CT molecular complexity index is 427. The molecule has 114 valence electrons. The molecule has 0 amide bonds. The van der Waals surface area contributed by atoms with Crippen LogP contribution in [-0.4, -0.2) is 12.7 Å². The first-order chi connectivity index (χ1) is 9.41. The first-order valence-electron chi connectivity index (χ1n) is 7.27. The molecule has 3 unspecified atom stereocenters. The van der Waals surface area contributed by atoms with E-state index in [1.807, 2.05) is 13.8 Å². The van der Waals surface area contributed by atoms with Crippen molar-refractivity contribution in [3.8, 4) is 0 Å². The Hall–Kier alpha value is -0.550. The van der Waals surface area contributed by atoms with Gasteiger partial charge in [0, 0.05) is 10.9 Å². The van der Waals surface area contributed by atoms with Gasteiger partial charge in [0.2, 0.25) is 0 Å². The molecular weight excluding hydrogens is 283 g/mol. The lowest BCUT2D eigenvalue weighted by Crippen LogP contribution is -2.35. The largest absolute Gasteiger partial charge is 0.391 e. The Balaban J connectivity index is 2.13. The van der Waals surface area contributed by atoms with Crippen molar-refractivity contribution in [3.63, 3.8) is 0 Å². The van der Waals surface area contributed by atoms with Crippen molar-refractivity contribution < 1.29 is 13.2 Å². The molecule has 2 rings (SSSR count). The number of aryl methyl sites for hydroxylation is 1. The van der Waals surface area contributed by atoms with Crippen molar-refractivity contribution in [3.05, 3.63) is 21.9 Å². The summed E-state index contributed by atoms with van der Waals surface area (Å²) in [7, 11) is 0. The van der Waals surface area contributed by atoms with E-state index < -0.39 is 12.1 Å². The molecule has 1 fully saturated rings. The minimum atomic E-state index is -4.04. The highest BCUT2D eigenvalue weighted by molar-refractivity contribution is 7.10. The van der Waals surface area contributed by atoms with Crippen molar-refractivity contribution in [2.75, 3.05) is 6.54 Å². The number of thiophene rings is 1. The van der Waals surface area contributed by atoms with Crippen molar-refractivity contribution in [2.45, 2.75) is 51.7 Å². The molecule has 0 saturated heterocycles. The van der Waals surface area contributed by atoms with Gasteiger partial charge in [0.1, 0.15) is 0 Å². The average Bonchev–Trinajstić information content (AvgIpc) is 2.81. The van der Waals surface area contributed by atoms with E-state index in [0.717, 1.165) is 18.5 Å². The zero-order valence-corrected chi connectivity index (χ0v) is 12.8. The second kappa shape index (κ2) is 6.48. The van der Waals surface area contributed by atoms with Gasteiger partial charge in [-0.3, -0.25) is 0 Å².